The molecule has 3 aromatic rings. The van der Waals surface area contributed by atoms with Gasteiger partial charge in [0.25, 0.3) is 5.91 Å². The lowest BCUT2D eigenvalue weighted by Gasteiger charge is -2.26. The molecule has 0 aliphatic carbocycles. The number of unbranched alkanes of at least 4 members (excludes halogenated alkanes) is 1. The van der Waals surface area contributed by atoms with Crippen LogP contribution in [0.1, 0.15) is 80.3 Å². The number of amides is 1. The van der Waals surface area contributed by atoms with Gasteiger partial charge in [0, 0.05) is 37.9 Å². The highest BCUT2D eigenvalue weighted by molar-refractivity contribution is 5.91. The van der Waals surface area contributed by atoms with E-state index in [2.05, 4.69) is 65.8 Å². The van der Waals surface area contributed by atoms with Crippen molar-refractivity contribution in [1.82, 2.24) is 45.0 Å². The van der Waals surface area contributed by atoms with Gasteiger partial charge in [-0.2, -0.15) is 0 Å². The molecule has 10 heteroatoms. The molecule has 3 aromatic heterocycles. The summed E-state index contributed by atoms with van der Waals surface area (Å²) >= 11 is 0. The van der Waals surface area contributed by atoms with Crippen molar-refractivity contribution in [3.05, 3.63) is 60.2 Å². The number of hydrogen-bond acceptors (Lipinski definition) is 7. The monoisotopic (exact) mass is 481 g/mol. The molecule has 10 nitrogen and oxygen atoms in total. The van der Waals surface area contributed by atoms with Gasteiger partial charge >= 0.3 is 0 Å². The SMILES string of the molecule is CCCN(CCC)CCCCNC(=O)c1cnc(CN(Cc2ncc[nH]2)C(C)c2ncc[nH]2)cn1. The average Bonchev–Trinajstić information content (AvgIpc) is 3.58. The lowest BCUT2D eigenvalue weighted by atomic mass is 10.2. The molecule has 0 fully saturated rings. The smallest absolute Gasteiger partial charge is 0.271 e. The first-order valence-electron chi connectivity index (χ1n) is 12.6. The van der Waals surface area contributed by atoms with E-state index in [0.29, 0.717) is 25.3 Å². The fourth-order valence-corrected chi connectivity index (χ4v) is 4.07. The molecule has 0 bridgehead atoms. The number of carbonyl (C=O) groups excluding carboxylic acids is 1. The molecular formula is C25H39N9O. The molecule has 0 saturated carbocycles. The van der Waals surface area contributed by atoms with E-state index in [4.69, 9.17) is 0 Å². The van der Waals surface area contributed by atoms with E-state index in [0.717, 1.165) is 49.8 Å². The fourth-order valence-electron chi connectivity index (χ4n) is 4.07. The van der Waals surface area contributed by atoms with Gasteiger partial charge in [0.1, 0.15) is 17.3 Å². The number of carbonyl (C=O) groups is 1. The third-order valence-electron chi connectivity index (χ3n) is 5.94. The number of rotatable bonds is 16. The van der Waals surface area contributed by atoms with Gasteiger partial charge < -0.3 is 20.2 Å². The van der Waals surface area contributed by atoms with Crippen LogP contribution >= 0.6 is 0 Å². The van der Waals surface area contributed by atoms with Gasteiger partial charge in [0.2, 0.25) is 0 Å². The number of nitrogens with zero attached hydrogens (tertiary/aromatic N) is 6. The number of H-pyrrole nitrogens is 2. The quantitative estimate of drug-likeness (QED) is 0.269. The van der Waals surface area contributed by atoms with Gasteiger partial charge in [0.15, 0.2) is 0 Å². The zero-order valence-corrected chi connectivity index (χ0v) is 21.2. The largest absolute Gasteiger partial charge is 0.351 e. The minimum atomic E-state index is -0.181. The molecule has 0 radical (unpaired) electrons. The summed E-state index contributed by atoms with van der Waals surface area (Å²) in [7, 11) is 0. The second-order valence-corrected chi connectivity index (χ2v) is 8.79. The topological polar surface area (TPSA) is 119 Å². The van der Waals surface area contributed by atoms with Crippen LogP contribution in [0.25, 0.3) is 0 Å². The summed E-state index contributed by atoms with van der Waals surface area (Å²) in [6, 6.07) is 0.0189. The molecule has 0 spiro atoms. The zero-order chi connectivity index (χ0) is 24.9. The van der Waals surface area contributed by atoms with E-state index in [9.17, 15) is 4.79 Å². The Hall–Kier alpha value is -3.11. The van der Waals surface area contributed by atoms with Crippen LogP contribution in [0.15, 0.2) is 37.2 Å². The molecule has 3 heterocycles. The minimum Gasteiger partial charge on any atom is -0.351 e. The van der Waals surface area contributed by atoms with Crippen LogP contribution in [0, 0.1) is 0 Å². The van der Waals surface area contributed by atoms with Crippen LogP contribution in [0.5, 0.6) is 0 Å². The first kappa shape index (κ1) is 26.5. The Balaban J connectivity index is 1.49. The molecular weight excluding hydrogens is 442 g/mol. The minimum absolute atomic E-state index is 0.0189. The molecule has 3 rings (SSSR count). The van der Waals surface area contributed by atoms with E-state index >= 15 is 0 Å². The Morgan fingerprint density at radius 2 is 1.71 bits per heavy atom. The van der Waals surface area contributed by atoms with Gasteiger partial charge in [-0.3, -0.25) is 14.7 Å². The fraction of sp³-hybridized carbons (Fsp3) is 0.560. The number of aromatic nitrogens is 6. The molecule has 1 atom stereocenters. The summed E-state index contributed by atoms with van der Waals surface area (Å²) < 4.78 is 0. The van der Waals surface area contributed by atoms with Crippen molar-refractivity contribution >= 4 is 5.91 Å². The Morgan fingerprint density at radius 3 is 2.34 bits per heavy atom. The van der Waals surface area contributed by atoms with Gasteiger partial charge in [-0.25, -0.2) is 15.0 Å². The van der Waals surface area contributed by atoms with Gasteiger partial charge in [0.05, 0.1) is 30.7 Å². The Morgan fingerprint density at radius 1 is 0.943 bits per heavy atom. The van der Waals surface area contributed by atoms with Gasteiger partial charge in [-0.1, -0.05) is 13.8 Å². The number of nitrogens with one attached hydrogen (secondary N) is 3. The third-order valence-corrected chi connectivity index (χ3v) is 5.94. The van der Waals surface area contributed by atoms with Crippen LogP contribution < -0.4 is 5.32 Å². The van der Waals surface area contributed by atoms with E-state index < -0.39 is 0 Å². The molecule has 0 aliphatic rings. The maximum absolute atomic E-state index is 12.5. The van der Waals surface area contributed by atoms with E-state index in [-0.39, 0.29) is 11.9 Å². The van der Waals surface area contributed by atoms with Crippen LogP contribution in [-0.4, -0.2) is 71.8 Å². The van der Waals surface area contributed by atoms with E-state index in [1.54, 1.807) is 24.8 Å². The van der Waals surface area contributed by atoms with Crippen LogP contribution in [-0.2, 0) is 13.1 Å². The average molecular weight is 482 g/mol. The van der Waals surface area contributed by atoms with Crippen molar-refractivity contribution in [2.24, 2.45) is 0 Å². The molecule has 0 aromatic carbocycles. The summed E-state index contributed by atoms with van der Waals surface area (Å²) in [6.45, 7) is 11.7. The lowest BCUT2D eigenvalue weighted by Crippen LogP contribution is -2.29. The number of aromatic amines is 2. The molecule has 0 aliphatic heterocycles. The van der Waals surface area contributed by atoms with Crippen molar-refractivity contribution in [3.63, 3.8) is 0 Å². The highest BCUT2D eigenvalue weighted by atomic mass is 16.1. The molecule has 35 heavy (non-hydrogen) atoms. The predicted octanol–water partition coefficient (Wildman–Crippen LogP) is 3.32. The number of imidazole rings is 2. The Kier molecular flexibility index (Phi) is 10.8. The maximum Gasteiger partial charge on any atom is 0.271 e. The lowest BCUT2D eigenvalue weighted by molar-refractivity contribution is 0.0947. The highest BCUT2D eigenvalue weighted by Gasteiger charge is 2.20. The normalized spacial score (nSPS) is 12.4. The number of hydrogen-bond donors (Lipinski definition) is 3. The van der Waals surface area contributed by atoms with Crippen molar-refractivity contribution in [1.29, 1.82) is 0 Å². The second-order valence-electron chi connectivity index (χ2n) is 8.79. The highest BCUT2D eigenvalue weighted by Crippen LogP contribution is 2.20. The van der Waals surface area contributed by atoms with Gasteiger partial charge in [-0.05, 0) is 52.2 Å². The van der Waals surface area contributed by atoms with E-state index in [1.165, 1.54) is 12.8 Å². The molecule has 0 saturated heterocycles. The van der Waals surface area contributed by atoms with E-state index in [1.807, 2.05) is 12.4 Å². The van der Waals surface area contributed by atoms with Crippen molar-refractivity contribution in [3.8, 4) is 0 Å². The van der Waals surface area contributed by atoms with Crippen molar-refractivity contribution in [2.45, 2.75) is 65.6 Å². The van der Waals surface area contributed by atoms with Crippen LogP contribution in [0.4, 0.5) is 0 Å². The van der Waals surface area contributed by atoms with Crippen LogP contribution in [0.3, 0.4) is 0 Å². The molecule has 190 valence electrons. The zero-order valence-electron chi connectivity index (χ0n) is 21.2. The van der Waals surface area contributed by atoms with Crippen molar-refractivity contribution < 1.29 is 4.79 Å². The Bertz CT molecular complexity index is 952. The standard InChI is InChI=1S/C25H39N9O/c1-4-13-33(14-5-2)15-7-6-8-30-25(35)22-17-31-21(16-32-22)18-34(19-23-26-9-10-27-23)20(3)24-28-11-12-29-24/h9-12,16-17,20H,4-8,13-15,18-19H2,1-3H3,(H,26,27)(H,28,29)(H,30,35). The summed E-state index contributed by atoms with van der Waals surface area (Å²) in [4.78, 5) is 41.1. The molecule has 3 N–H and O–H groups in total. The first-order valence-corrected chi connectivity index (χ1v) is 12.6. The van der Waals surface area contributed by atoms with Gasteiger partial charge in [-0.15, -0.1) is 0 Å². The summed E-state index contributed by atoms with van der Waals surface area (Å²) in [6.07, 6.45) is 14.7. The van der Waals surface area contributed by atoms with Crippen LogP contribution in [0.2, 0.25) is 0 Å². The van der Waals surface area contributed by atoms with Crippen molar-refractivity contribution in [2.75, 3.05) is 26.2 Å². The molecule has 1 amide bonds. The Labute approximate surface area is 208 Å². The summed E-state index contributed by atoms with van der Waals surface area (Å²) in [5.74, 6) is 1.55. The summed E-state index contributed by atoms with van der Waals surface area (Å²) in [5, 5.41) is 2.97. The maximum atomic E-state index is 12.5. The third kappa shape index (κ3) is 8.56. The summed E-state index contributed by atoms with van der Waals surface area (Å²) in [5.41, 5.74) is 1.11. The molecule has 1 unspecified atom stereocenters. The predicted molar refractivity (Wildman–Crippen MR) is 135 cm³/mol. The second kappa shape index (κ2) is 14.3. The first-order chi connectivity index (χ1) is 17.1.